The highest BCUT2D eigenvalue weighted by atomic mass is 16.5. The summed E-state index contributed by atoms with van der Waals surface area (Å²) in [6.07, 6.45) is 7.90. The third kappa shape index (κ3) is 3.41. The molecule has 0 aromatic heterocycles. The molecule has 1 spiro atoms. The molecule has 1 aromatic carbocycles. The summed E-state index contributed by atoms with van der Waals surface area (Å²) < 4.78 is 11.8. The van der Waals surface area contributed by atoms with Crippen LogP contribution in [0.3, 0.4) is 0 Å². The van der Waals surface area contributed by atoms with E-state index in [-0.39, 0.29) is 29.6 Å². The maximum Gasteiger partial charge on any atom is 0.310 e. The van der Waals surface area contributed by atoms with Crippen LogP contribution in [0.4, 0.5) is 0 Å². The lowest BCUT2D eigenvalue weighted by Gasteiger charge is -2.63. The molecule has 1 aromatic rings. The summed E-state index contributed by atoms with van der Waals surface area (Å²) in [6.45, 7) is 5.03. The van der Waals surface area contributed by atoms with Gasteiger partial charge in [-0.2, -0.15) is 0 Å². The van der Waals surface area contributed by atoms with Crippen LogP contribution in [0.5, 0.6) is 11.5 Å². The molecule has 3 aliphatic carbocycles. The molecule has 8 heteroatoms. The number of phenols is 1. The second kappa shape index (κ2) is 8.71. The normalized spacial score (nSPS) is 36.5. The number of phenolic OH excluding ortho intramolecular Hbond substituents is 1. The Morgan fingerprint density at radius 2 is 2.05 bits per heavy atom. The largest absolute Gasteiger partial charge is 0.504 e. The third-order valence-electron chi connectivity index (χ3n) is 10.3. The highest BCUT2D eigenvalue weighted by Gasteiger charge is 2.72. The van der Waals surface area contributed by atoms with Gasteiger partial charge in [-0.3, -0.25) is 14.5 Å². The van der Waals surface area contributed by atoms with Crippen molar-refractivity contribution in [1.29, 1.82) is 0 Å². The summed E-state index contributed by atoms with van der Waals surface area (Å²) in [5.41, 5.74) is 1.36. The first-order chi connectivity index (χ1) is 18.4. The Hall–Kier alpha value is -2.58. The van der Waals surface area contributed by atoms with Crippen molar-refractivity contribution in [2.45, 2.75) is 81.5 Å². The fourth-order valence-electron chi connectivity index (χ4n) is 8.36. The van der Waals surface area contributed by atoms with Gasteiger partial charge in [-0.15, -0.1) is 0 Å². The summed E-state index contributed by atoms with van der Waals surface area (Å²) in [5.74, 6) is 0.692. The number of piperidine rings is 2. The first kappa shape index (κ1) is 24.5. The Labute approximate surface area is 223 Å². The molecule has 2 saturated carbocycles. The van der Waals surface area contributed by atoms with E-state index in [9.17, 15) is 19.8 Å². The van der Waals surface area contributed by atoms with Gasteiger partial charge in [0.25, 0.3) is 0 Å². The van der Waals surface area contributed by atoms with Crippen molar-refractivity contribution in [3.05, 3.63) is 34.9 Å². The van der Waals surface area contributed by atoms with Gasteiger partial charge in [0.2, 0.25) is 5.91 Å². The number of carbonyl (C=O) groups is 2. The summed E-state index contributed by atoms with van der Waals surface area (Å²) in [5, 5.41) is 23.4. The van der Waals surface area contributed by atoms with E-state index >= 15 is 0 Å². The monoisotopic (exact) mass is 522 g/mol. The summed E-state index contributed by atoms with van der Waals surface area (Å²) in [4.78, 5) is 30.1. The first-order valence-corrected chi connectivity index (χ1v) is 14.5. The number of rotatable bonds is 5. The van der Waals surface area contributed by atoms with E-state index in [1.54, 1.807) is 24.0 Å². The van der Waals surface area contributed by atoms with E-state index in [4.69, 9.17) is 9.47 Å². The number of esters is 1. The first-order valence-electron chi connectivity index (χ1n) is 14.5. The second-order valence-electron chi connectivity index (χ2n) is 12.3. The molecular weight excluding hydrogens is 484 g/mol. The van der Waals surface area contributed by atoms with Gasteiger partial charge in [-0.05, 0) is 88.0 Å². The van der Waals surface area contributed by atoms with E-state index in [0.29, 0.717) is 38.3 Å². The summed E-state index contributed by atoms with van der Waals surface area (Å²) in [7, 11) is 0. The van der Waals surface area contributed by atoms with Crippen LogP contribution in [0.1, 0.15) is 63.0 Å². The minimum atomic E-state index is -0.975. The van der Waals surface area contributed by atoms with Crippen molar-refractivity contribution in [1.82, 2.24) is 9.80 Å². The number of ether oxygens (including phenoxy) is 2. The quantitative estimate of drug-likeness (QED) is 0.453. The number of hydrogen-bond donors (Lipinski definition) is 2. The number of benzene rings is 1. The van der Waals surface area contributed by atoms with Crippen LogP contribution in [0, 0.1) is 11.8 Å². The highest BCUT2D eigenvalue weighted by molar-refractivity contribution is 5.89. The number of aromatic hydroxyl groups is 1. The van der Waals surface area contributed by atoms with Gasteiger partial charge in [0.1, 0.15) is 6.10 Å². The Bertz CT molecular complexity index is 1210. The van der Waals surface area contributed by atoms with E-state index < -0.39 is 17.1 Å². The van der Waals surface area contributed by atoms with Gasteiger partial charge in [-0.1, -0.05) is 6.07 Å². The van der Waals surface area contributed by atoms with Crippen LogP contribution < -0.4 is 4.74 Å². The molecule has 0 radical (unpaired) electrons. The highest BCUT2D eigenvalue weighted by Crippen LogP contribution is 2.66. The maximum absolute atomic E-state index is 13.5. The molecule has 6 aliphatic rings. The van der Waals surface area contributed by atoms with Gasteiger partial charge >= 0.3 is 5.97 Å². The molecule has 3 heterocycles. The molecule has 204 valence electrons. The zero-order valence-corrected chi connectivity index (χ0v) is 22.2. The minimum absolute atomic E-state index is 0.00984. The number of nitrogens with zero attached hydrogens (tertiary/aromatic N) is 2. The average Bonchev–Trinajstić information content (AvgIpc) is 3.65. The number of hydrogen-bond acceptors (Lipinski definition) is 7. The molecule has 38 heavy (non-hydrogen) atoms. The second-order valence-corrected chi connectivity index (χ2v) is 12.3. The smallest absolute Gasteiger partial charge is 0.310 e. The third-order valence-corrected chi connectivity index (χ3v) is 10.3. The number of likely N-dealkylation sites (tertiary alicyclic amines) is 2. The van der Waals surface area contributed by atoms with Crippen molar-refractivity contribution in [2.75, 3.05) is 32.8 Å². The molecule has 2 N–H and O–H groups in total. The topological polar surface area (TPSA) is 99.5 Å². The Balaban J connectivity index is 1.23. The SMILES string of the molecule is CCOC(=O)C1CCCN(C(=O)C=C2CC[C@@]3(O)[C@H]4Cc5ccc(O)c6c5[C@@]3(CCN4CC3CC3)[C@H]2O6)C1. The van der Waals surface area contributed by atoms with Crippen LogP contribution >= 0.6 is 0 Å². The lowest BCUT2D eigenvalue weighted by atomic mass is 9.48. The molecule has 4 fully saturated rings. The fraction of sp³-hybridized carbons (Fsp3) is 0.667. The predicted molar refractivity (Wildman–Crippen MR) is 139 cm³/mol. The lowest BCUT2D eigenvalue weighted by molar-refractivity contribution is -0.174. The van der Waals surface area contributed by atoms with Gasteiger partial charge in [0.05, 0.1) is 23.5 Å². The van der Waals surface area contributed by atoms with Crippen LogP contribution in [-0.4, -0.2) is 82.4 Å². The standard InChI is InChI=1S/C30H38N2O6/c1-2-37-28(35)21-4-3-12-32(17-21)24(34)15-20-9-10-30(36)23-14-19-7-8-22(33)26-25(19)29(30,27(20)38-26)11-13-31(23)16-18-5-6-18/h7-8,15,18,21,23,27,33,36H,2-6,9-14,16-17H2,1H3/t21?,23-,27+,29+,30-/m1/s1. The van der Waals surface area contributed by atoms with Crippen molar-refractivity contribution in [3.63, 3.8) is 0 Å². The molecule has 3 aliphatic heterocycles. The van der Waals surface area contributed by atoms with Crippen molar-refractivity contribution in [3.8, 4) is 11.5 Å². The molecular formula is C30H38N2O6. The van der Waals surface area contributed by atoms with E-state index in [1.165, 1.54) is 12.8 Å². The molecule has 1 amide bonds. The van der Waals surface area contributed by atoms with Gasteiger partial charge in [0.15, 0.2) is 11.5 Å². The minimum Gasteiger partial charge on any atom is -0.504 e. The van der Waals surface area contributed by atoms with E-state index in [2.05, 4.69) is 4.90 Å². The van der Waals surface area contributed by atoms with Crippen molar-refractivity contribution < 1.29 is 29.3 Å². The van der Waals surface area contributed by atoms with Crippen LogP contribution in [0.25, 0.3) is 0 Å². The predicted octanol–water partition coefficient (Wildman–Crippen LogP) is 2.68. The van der Waals surface area contributed by atoms with E-state index in [0.717, 1.165) is 61.4 Å². The van der Waals surface area contributed by atoms with Crippen LogP contribution in [0.15, 0.2) is 23.8 Å². The van der Waals surface area contributed by atoms with Gasteiger partial charge in [0, 0.05) is 37.3 Å². The molecule has 1 unspecified atom stereocenters. The van der Waals surface area contributed by atoms with Crippen molar-refractivity contribution >= 4 is 11.9 Å². The fourth-order valence-corrected chi connectivity index (χ4v) is 8.36. The van der Waals surface area contributed by atoms with Crippen LogP contribution in [-0.2, 0) is 26.2 Å². The molecule has 8 nitrogen and oxygen atoms in total. The molecule has 7 rings (SSSR count). The molecule has 5 atom stereocenters. The molecule has 2 bridgehead atoms. The summed E-state index contributed by atoms with van der Waals surface area (Å²) in [6, 6.07) is 3.72. The number of amides is 1. The van der Waals surface area contributed by atoms with Gasteiger partial charge in [-0.25, -0.2) is 0 Å². The van der Waals surface area contributed by atoms with Gasteiger partial charge < -0.3 is 24.6 Å². The Morgan fingerprint density at radius 3 is 2.84 bits per heavy atom. The number of carbonyl (C=O) groups excluding carboxylic acids is 2. The Kier molecular flexibility index (Phi) is 5.61. The maximum atomic E-state index is 13.5. The van der Waals surface area contributed by atoms with Crippen molar-refractivity contribution in [2.24, 2.45) is 11.8 Å². The summed E-state index contributed by atoms with van der Waals surface area (Å²) >= 11 is 0. The Morgan fingerprint density at radius 1 is 1.21 bits per heavy atom. The van der Waals surface area contributed by atoms with Crippen LogP contribution in [0.2, 0.25) is 0 Å². The number of aliphatic hydroxyl groups is 1. The lowest BCUT2D eigenvalue weighted by Crippen LogP contribution is -2.75. The molecule has 2 saturated heterocycles. The van der Waals surface area contributed by atoms with E-state index in [1.807, 2.05) is 6.07 Å². The zero-order chi connectivity index (χ0) is 26.2. The zero-order valence-electron chi connectivity index (χ0n) is 22.2. The average molecular weight is 523 g/mol.